The maximum atomic E-state index is 10.7. The molecule has 0 aromatic heterocycles. The Bertz CT molecular complexity index is 429. The number of aryl methyl sites for hydroxylation is 2. The van der Waals surface area contributed by atoms with E-state index in [0.29, 0.717) is 13.1 Å². The van der Waals surface area contributed by atoms with Crippen LogP contribution >= 0.6 is 0 Å². The van der Waals surface area contributed by atoms with Gasteiger partial charge >= 0.3 is 5.97 Å². The lowest BCUT2D eigenvalue weighted by Crippen LogP contribution is -2.26. The monoisotopic (exact) mass is 251 g/mol. The van der Waals surface area contributed by atoms with Crippen LogP contribution in [0, 0.1) is 19.8 Å². The van der Waals surface area contributed by atoms with Crippen LogP contribution in [0.5, 0.6) is 5.75 Å². The van der Waals surface area contributed by atoms with E-state index in [-0.39, 0.29) is 5.92 Å². The van der Waals surface area contributed by atoms with Crippen LogP contribution in [0.2, 0.25) is 0 Å². The van der Waals surface area contributed by atoms with Gasteiger partial charge in [-0.15, -0.1) is 0 Å². The van der Waals surface area contributed by atoms with E-state index in [4.69, 9.17) is 9.84 Å². The van der Waals surface area contributed by atoms with Crippen LogP contribution in [0.25, 0.3) is 0 Å². The Balaban J connectivity index is 2.63. The molecule has 0 spiro atoms. The highest BCUT2D eigenvalue weighted by Gasteiger charge is 2.10. The first-order valence-electron chi connectivity index (χ1n) is 6.03. The molecule has 0 radical (unpaired) electrons. The van der Waals surface area contributed by atoms with E-state index in [1.807, 2.05) is 19.9 Å². The van der Waals surface area contributed by atoms with Crippen LogP contribution < -0.4 is 10.1 Å². The van der Waals surface area contributed by atoms with Gasteiger partial charge in [-0.3, -0.25) is 4.79 Å². The van der Waals surface area contributed by atoms with Crippen molar-refractivity contribution in [3.8, 4) is 5.75 Å². The molecule has 4 heteroatoms. The number of hydrogen-bond donors (Lipinski definition) is 2. The number of rotatable bonds is 6. The van der Waals surface area contributed by atoms with E-state index in [1.165, 1.54) is 5.56 Å². The molecule has 0 heterocycles. The molecule has 0 saturated heterocycles. The Labute approximate surface area is 108 Å². The number of carboxylic acids is 1. The highest BCUT2D eigenvalue weighted by Crippen LogP contribution is 2.22. The summed E-state index contributed by atoms with van der Waals surface area (Å²) in [4.78, 5) is 10.7. The summed E-state index contributed by atoms with van der Waals surface area (Å²) in [6, 6.07) is 4.08. The predicted octanol–water partition coefficient (Wildman–Crippen LogP) is 2.12. The molecule has 0 bridgehead atoms. The minimum Gasteiger partial charge on any atom is -0.496 e. The molecule has 1 aromatic carbocycles. The zero-order valence-electron chi connectivity index (χ0n) is 11.4. The molecular weight excluding hydrogens is 230 g/mol. The standard InChI is InChI=1S/C14H21NO3/c1-9-6-13(18-4)10(2)5-12(9)8-15-7-11(3)14(16)17/h5-6,11,15H,7-8H2,1-4H3,(H,16,17). The summed E-state index contributed by atoms with van der Waals surface area (Å²) < 4.78 is 5.26. The van der Waals surface area contributed by atoms with Crippen molar-refractivity contribution < 1.29 is 14.6 Å². The minimum absolute atomic E-state index is 0.371. The normalized spacial score (nSPS) is 12.2. The van der Waals surface area contributed by atoms with Gasteiger partial charge in [0, 0.05) is 13.1 Å². The van der Waals surface area contributed by atoms with Crippen LogP contribution in [0.15, 0.2) is 12.1 Å². The molecule has 1 aromatic rings. The number of carbonyl (C=O) groups is 1. The molecule has 4 nitrogen and oxygen atoms in total. The summed E-state index contributed by atoms with van der Waals surface area (Å²) in [5.41, 5.74) is 3.41. The van der Waals surface area contributed by atoms with Crippen LogP contribution in [0.1, 0.15) is 23.6 Å². The number of carboxylic acid groups (broad SMARTS) is 1. The molecule has 0 saturated carbocycles. The second-order valence-electron chi connectivity index (χ2n) is 4.62. The lowest BCUT2D eigenvalue weighted by atomic mass is 10.0. The summed E-state index contributed by atoms with van der Waals surface area (Å²) >= 11 is 0. The maximum Gasteiger partial charge on any atom is 0.307 e. The van der Waals surface area contributed by atoms with Gasteiger partial charge in [-0.25, -0.2) is 0 Å². The van der Waals surface area contributed by atoms with E-state index >= 15 is 0 Å². The van der Waals surface area contributed by atoms with Gasteiger partial charge in [-0.2, -0.15) is 0 Å². The number of nitrogens with one attached hydrogen (secondary N) is 1. The number of benzene rings is 1. The van der Waals surface area contributed by atoms with Crippen LogP contribution in [-0.2, 0) is 11.3 Å². The highest BCUT2D eigenvalue weighted by atomic mass is 16.5. The zero-order chi connectivity index (χ0) is 13.7. The molecule has 0 aliphatic heterocycles. The van der Waals surface area contributed by atoms with Gasteiger partial charge in [0.2, 0.25) is 0 Å². The van der Waals surface area contributed by atoms with Crippen LogP contribution in [0.4, 0.5) is 0 Å². The number of hydrogen-bond acceptors (Lipinski definition) is 3. The van der Waals surface area contributed by atoms with Crippen molar-refractivity contribution in [2.75, 3.05) is 13.7 Å². The van der Waals surface area contributed by atoms with Gasteiger partial charge in [0.25, 0.3) is 0 Å². The smallest absolute Gasteiger partial charge is 0.307 e. The van der Waals surface area contributed by atoms with Gasteiger partial charge in [0.1, 0.15) is 5.75 Å². The molecule has 18 heavy (non-hydrogen) atoms. The Hall–Kier alpha value is -1.55. The Morgan fingerprint density at radius 1 is 1.39 bits per heavy atom. The fourth-order valence-electron chi connectivity index (χ4n) is 1.77. The molecule has 0 aliphatic carbocycles. The largest absolute Gasteiger partial charge is 0.496 e. The maximum absolute atomic E-state index is 10.7. The van der Waals surface area contributed by atoms with E-state index in [9.17, 15) is 4.79 Å². The highest BCUT2D eigenvalue weighted by molar-refractivity contribution is 5.69. The molecule has 100 valence electrons. The molecule has 0 amide bonds. The first-order chi connectivity index (χ1) is 8.45. The molecule has 0 aliphatic rings. The van der Waals surface area contributed by atoms with Gasteiger partial charge in [0.05, 0.1) is 13.0 Å². The summed E-state index contributed by atoms with van der Waals surface area (Å²) in [7, 11) is 1.66. The molecular formula is C14H21NO3. The third-order valence-corrected chi connectivity index (χ3v) is 3.04. The van der Waals surface area contributed by atoms with Gasteiger partial charge < -0.3 is 15.2 Å². The van der Waals surface area contributed by atoms with Crippen molar-refractivity contribution in [2.24, 2.45) is 5.92 Å². The fourth-order valence-corrected chi connectivity index (χ4v) is 1.77. The lowest BCUT2D eigenvalue weighted by Gasteiger charge is -2.13. The quantitative estimate of drug-likeness (QED) is 0.813. The van der Waals surface area contributed by atoms with Crippen molar-refractivity contribution in [2.45, 2.75) is 27.3 Å². The third-order valence-electron chi connectivity index (χ3n) is 3.04. The minimum atomic E-state index is -0.773. The number of ether oxygens (including phenoxy) is 1. The number of methoxy groups -OCH3 is 1. The van der Waals surface area contributed by atoms with Crippen molar-refractivity contribution >= 4 is 5.97 Å². The molecule has 1 unspecified atom stereocenters. The predicted molar refractivity (Wildman–Crippen MR) is 71.0 cm³/mol. The lowest BCUT2D eigenvalue weighted by molar-refractivity contribution is -0.140. The summed E-state index contributed by atoms with van der Waals surface area (Å²) in [5.74, 6) is -0.259. The second kappa shape index (κ2) is 6.40. The Kier molecular flexibility index (Phi) is 5.16. The van der Waals surface area contributed by atoms with E-state index in [1.54, 1.807) is 14.0 Å². The average molecular weight is 251 g/mol. The zero-order valence-corrected chi connectivity index (χ0v) is 11.4. The SMILES string of the molecule is COc1cc(C)c(CNCC(C)C(=O)O)cc1C. The molecule has 0 fully saturated rings. The van der Waals surface area contributed by atoms with Crippen molar-refractivity contribution in [1.29, 1.82) is 0 Å². The van der Waals surface area contributed by atoms with E-state index < -0.39 is 5.97 Å². The molecule has 2 N–H and O–H groups in total. The van der Waals surface area contributed by atoms with Crippen molar-refractivity contribution in [1.82, 2.24) is 5.32 Å². The number of aliphatic carboxylic acids is 1. The average Bonchev–Trinajstić information content (AvgIpc) is 2.32. The van der Waals surface area contributed by atoms with E-state index in [0.717, 1.165) is 16.9 Å². The van der Waals surface area contributed by atoms with Gasteiger partial charge in [-0.05, 0) is 36.6 Å². The Morgan fingerprint density at radius 3 is 2.61 bits per heavy atom. The first-order valence-corrected chi connectivity index (χ1v) is 6.03. The summed E-state index contributed by atoms with van der Waals surface area (Å²) in [5, 5.41) is 12.0. The second-order valence-corrected chi connectivity index (χ2v) is 4.62. The molecule has 1 atom stereocenters. The summed E-state index contributed by atoms with van der Waals surface area (Å²) in [6.45, 7) is 6.87. The van der Waals surface area contributed by atoms with E-state index in [2.05, 4.69) is 11.4 Å². The topological polar surface area (TPSA) is 58.6 Å². The van der Waals surface area contributed by atoms with Crippen molar-refractivity contribution in [3.63, 3.8) is 0 Å². The molecule has 1 rings (SSSR count). The van der Waals surface area contributed by atoms with Crippen molar-refractivity contribution in [3.05, 3.63) is 28.8 Å². The Morgan fingerprint density at radius 2 is 2.06 bits per heavy atom. The van der Waals surface area contributed by atoms with Gasteiger partial charge in [-0.1, -0.05) is 13.0 Å². The fraction of sp³-hybridized carbons (Fsp3) is 0.500. The van der Waals surface area contributed by atoms with Gasteiger partial charge in [0.15, 0.2) is 0 Å². The van der Waals surface area contributed by atoms with Crippen LogP contribution in [0.3, 0.4) is 0 Å². The summed E-state index contributed by atoms with van der Waals surface area (Å²) in [6.07, 6.45) is 0. The first kappa shape index (κ1) is 14.5. The third kappa shape index (κ3) is 3.74. The van der Waals surface area contributed by atoms with Crippen LogP contribution in [-0.4, -0.2) is 24.7 Å².